The van der Waals surface area contributed by atoms with Crippen molar-refractivity contribution in [1.29, 1.82) is 0 Å². The van der Waals surface area contributed by atoms with E-state index in [9.17, 15) is 45.6 Å². The highest BCUT2D eigenvalue weighted by Gasteiger charge is 2.45. The molecule has 0 saturated carbocycles. The summed E-state index contributed by atoms with van der Waals surface area (Å²) in [6.45, 7) is -0.661. The molecule has 2 aromatic rings. The lowest BCUT2D eigenvalue weighted by Crippen LogP contribution is -2.55. The number of Topliss-reactive ketones (excluding diaryl/α,β-unsaturated/α-hetero) is 1. The first-order valence-corrected chi connectivity index (χ1v) is 9.54. The number of carbonyl (C=O) groups excluding carboxylic acids is 1. The molecule has 10 heteroatoms. The maximum atomic E-state index is 12.7. The summed E-state index contributed by atoms with van der Waals surface area (Å²) < 4.78 is 5.41. The van der Waals surface area contributed by atoms with Crippen LogP contribution in [0.4, 0.5) is 0 Å². The maximum absolute atomic E-state index is 12.7. The van der Waals surface area contributed by atoms with Crippen molar-refractivity contribution in [2.75, 3.05) is 6.61 Å². The predicted molar refractivity (Wildman–Crippen MR) is 105 cm³/mol. The molecule has 0 aliphatic carbocycles. The highest BCUT2D eigenvalue weighted by molar-refractivity contribution is 5.99. The van der Waals surface area contributed by atoms with E-state index < -0.39 is 54.4 Å². The molecule has 0 radical (unpaired) electrons. The first-order valence-electron chi connectivity index (χ1n) is 9.54. The number of benzene rings is 2. The van der Waals surface area contributed by atoms with Crippen LogP contribution in [0.15, 0.2) is 30.3 Å². The number of phenols is 4. The maximum Gasteiger partial charge on any atom is 0.166 e. The van der Waals surface area contributed by atoms with Crippen LogP contribution in [0.3, 0.4) is 0 Å². The Bertz CT molecular complexity index is 957. The van der Waals surface area contributed by atoms with Gasteiger partial charge >= 0.3 is 0 Å². The number of hydrogen-bond donors (Lipinski definition) is 8. The van der Waals surface area contributed by atoms with Gasteiger partial charge in [0, 0.05) is 18.1 Å². The Morgan fingerprint density at radius 3 is 2.19 bits per heavy atom. The van der Waals surface area contributed by atoms with Gasteiger partial charge < -0.3 is 45.6 Å². The van der Waals surface area contributed by atoms with Crippen LogP contribution in [0.25, 0.3) is 0 Å². The Morgan fingerprint density at radius 1 is 0.839 bits per heavy atom. The van der Waals surface area contributed by atoms with Crippen molar-refractivity contribution in [2.24, 2.45) is 0 Å². The molecule has 31 heavy (non-hydrogen) atoms. The fraction of sp³-hybridized carbons (Fsp3) is 0.381. The largest absolute Gasteiger partial charge is 0.507 e. The molecular weight excluding hydrogens is 412 g/mol. The van der Waals surface area contributed by atoms with Crippen LogP contribution in [0.1, 0.15) is 34.0 Å². The normalized spacial score (nSPS) is 26.0. The molecular formula is C21H24O10. The number of aliphatic hydroxyl groups excluding tert-OH is 4. The van der Waals surface area contributed by atoms with Crippen LogP contribution in [-0.2, 0) is 11.2 Å². The fourth-order valence-electron chi connectivity index (χ4n) is 3.52. The lowest BCUT2D eigenvalue weighted by molar-refractivity contribution is -0.232. The van der Waals surface area contributed by atoms with Crippen molar-refractivity contribution in [3.63, 3.8) is 0 Å². The van der Waals surface area contributed by atoms with E-state index in [-0.39, 0.29) is 35.5 Å². The summed E-state index contributed by atoms with van der Waals surface area (Å²) in [7, 11) is 0. The molecule has 8 N–H and O–H groups in total. The van der Waals surface area contributed by atoms with Gasteiger partial charge in [-0.05, 0) is 30.2 Å². The first kappa shape index (κ1) is 22.8. The van der Waals surface area contributed by atoms with E-state index in [0.717, 1.165) is 12.1 Å². The van der Waals surface area contributed by atoms with Gasteiger partial charge in [-0.2, -0.15) is 0 Å². The molecule has 3 rings (SSSR count). The van der Waals surface area contributed by atoms with Crippen molar-refractivity contribution >= 4 is 5.78 Å². The minimum Gasteiger partial charge on any atom is -0.507 e. The number of carbonyl (C=O) groups is 1. The summed E-state index contributed by atoms with van der Waals surface area (Å²) in [6, 6.07) is 6.13. The zero-order valence-electron chi connectivity index (χ0n) is 16.3. The Morgan fingerprint density at radius 2 is 1.55 bits per heavy atom. The lowest BCUT2D eigenvalue weighted by Gasteiger charge is -2.40. The standard InChI is InChI=1S/C21H24O10/c22-8-17-18(28)19(29)20(30)21(31-17)11-6-10(14(25)7-15(11)26)12(23)3-1-9-2-4-13(24)16(27)5-9/h2,4-7,17-22,24-30H,1,3,8H2/t17-,18-,19+,20-,21+/m1/s1. The Labute approximate surface area is 176 Å². The summed E-state index contributed by atoms with van der Waals surface area (Å²) in [5.41, 5.74) is 0.282. The number of ketones is 1. The third-order valence-electron chi connectivity index (χ3n) is 5.32. The Hall–Kier alpha value is -2.89. The van der Waals surface area contributed by atoms with E-state index in [0.29, 0.717) is 5.56 Å². The third-order valence-corrected chi connectivity index (χ3v) is 5.32. The number of aromatic hydroxyl groups is 4. The predicted octanol–water partition coefficient (Wildman–Crippen LogP) is -0.161. The topological polar surface area (TPSA) is 188 Å². The van der Waals surface area contributed by atoms with Gasteiger partial charge in [0.1, 0.15) is 42.0 Å². The second-order valence-corrected chi connectivity index (χ2v) is 7.42. The number of hydrogen-bond acceptors (Lipinski definition) is 10. The molecule has 168 valence electrons. The van der Waals surface area contributed by atoms with Crippen LogP contribution >= 0.6 is 0 Å². The second kappa shape index (κ2) is 9.08. The minimum absolute atomic E-state index is 0.0866. The van der Waals surface area contributed by atoms with Gasteiger partial charge in [-0.15, -0.1) is 0 Å². The molecule has 1 saturated heterocycles. The van der Waals surface area contributed by atoms with Gasteiger partial charge in [0.05, 0.1) is 12.2 Å². The zero-order chi connectivity index (χ0) is 22.9. The lowest BCUT2D eigenvalue weighted by atomic mass is 9.89. The number of aryl methyl sites for hydroxylation is 1. The Balaban J connectivity index is 1.84. The highest BCUT2D eigenvalue weighted by atomic mass is 16.5. The number of ether oxygens (including phenoxy) is 1. The molecule has 5 atom stereocenters. The van der Waals surface area contributed by atoms with Crippen molar-refractivity contribution in [1.82, 2.24) is 0 Å². The van der Waals surface area contributed by atoms with E-state index in [1.54, 1.807) is 0 Å². The smallest absolute Gasteiger partial charge is 0.166 e. The molecule has 0 aromatic heterocycles. The number of aliphatic hydroxyl groups is 4. The van der Waals surface area contributed by atoms with Gasteiger partial charge in [-0.3, -0.25) is 4.79 Å². The Kier molecular flexibility index (Phi) is 6.68. The molecule has 1 fully saturated rings. The molecule has 10 nitrogen and oxygen atoms in total. The van der Waals surface area contributed by atoms with Crippen LogP contribution in [0, 0.1) is 0 Å². The van der Waals surface area contributed by atoms with E-state index in [4.69, 9.17) is 4.74 Å². The SMILES string of the molecule is O=C(CCc1ccc(O)c(O)c1)c1cc([C@@H]2O[C@H](CO)[C@@H](O)[C@H](O)[C@H]2O)c(O)cc1O. The first-order chi connectivity index (χ1) is 14.6. The average Bonchev–Trinajstić information content (AvgIpc) is 2.73. The quantitative estimate of drug-likeness (QED) is 0.223. The molecule has 0 spiro atoms. The van der Waals surface area contributed by atoms with E-state index in [1.165, 1.54) is 18.2 Å². The van der Waals surface area contributed by atoms with Gasteiger partial charge in [0.2, 0.25) is 0 Å². The summed E-state index contributed by atoms with van der Waals surface area (Å²) in [5.74, 6) is -2.17. The number of rotatable bonds is 6. The van der Waals surface area contributed by atoms with E-state index >= 15 is 0 Å². The molecule has 1 aliphatic rings. The van der Waals surface area contributed by atoms with Crippen LogP contribution in [-0.4, -0.2) is 77.7 Å². The summed E-state index contributed by atoms with van der Waals surface area (Å²) in [5, 5.41) is 78.8. The third kappa shape index (κ3) is 4.58. The van der Waals surface area contributed by atoms with Crippen LogP contribution < -0.4 is 0 Å². The fourth-order valence-corrected chi connectivity index (χ4v) is 3.52. The van der Waals surface area contributed by atoms with Gasteiger partial charge in [0.25, 0.3) is 0 Å². The van der Waals surface area contributed by atoms with Gasteiger partial charge in [-0.1, -0.05) is 6.07 Å². The van der Waals surface area contributed by atoms with Crippen molar-refractivity contribution in [2.45, 2.75) is 43.4 Å². The summed E-state index contributed by atoms with van der Waals surface area (Å²) in [4.78, 5) is 12.7. The average molecular weight is 436 g/mol. The monoisotopic (exact) mass is 436 g/mol. The van der Waals surface area contributed by atoms with Crippen LogP contribution in [0.2, 0.25) is 0 Å². The van der Waals surface area contributed by atoms with Crippen molar-refractivity contribution in [3.8, 4) is 23.0 Å². The molecule has 1 heterocycles. The van der Waals surface area contributed by atoms with Gasteiger partial charge in [-0.25, -0.2) is 0 Å². The van der Waals surface area contributed by atoms with Crippen molar-refractivity contribution < 1.29 is 50.4 Å². The van der Waals surface area contributed by atoms with Crippen molar-refractivity contribution in [3.05, 3.63) is 47.0 Å². The molecule has 0 bridgehead atoms. The molecule has 0 unspecified atom stereocenters. The summed E-state index contributed by atoms with van der Waals surface area (Å²) in [6.07, 6.45) is -7.42. The molecule has 1 aliphatic heterocycles. The van der Waals surface area contributed by atoms with E-state index in [2.05, 4.69) is 0 Å². The highest BCUT2D eigenvalue weighted by Crippen LogP contribution is 2.39. The van der Waals surface area contributed by atoms with E-state index in [1.807, 2.05) is 0 Å². The molecule has 0 amide bonds. The molecule has 2 aromatic carbocycles. The second-order valence-electron chi connectivity index (χ2n) is 7.42. The van der Waals surface area contributed by atoms with Gasteiger partial charge in [0.15, 0.2) is 17.3 Å². The number of phenolic OH excluding ortho intramolecular Hbond substituents is 4. The summed E-state index contributed by atoms with van der Waals surface area (Å²) >= 11 is 0. The zero-order valence-corrected chi connectivity index (χ0v) is 16.3. The minimum atomic E-state index is -1.68. The van der Waals surface area contributed by atoms with Crippen LogP contribution in [0.5, 0.6) is 23.0 Å².